The molecule has 0 aliphatic heterocycles. The van der Waals surface area contributed by atoms with Gasteiger partial charge in [0.2, 0.25) is 0 Å². The second-order valence-electron chi connectivity index (χ2n) is 5.10. The summed E-state index contributed by atoms with van der Waals surface area (Å²) in [5, 5.41) is 11.0. The largest absolute Gasteiger partial charge is 0.269 e. The maximum atomic E-state index is 11.0. The van der Waals surface area contributed by atoms with Crippen LogP contribution < -0.4 is 0 Å². The summed E-state index contributed by atoms with van der Waals surface area (Å²) in [6.45, 7) is 8.69. The number of benzene rings is 1. The molecule has 0 spiro atoms. The molecule has 3 nitrogen and oxygen atoms in total. The number of non-ortho nitro benzene ring substituents is 1. The zero-order chi connectivity index (χ0) is 14.4. The van der Waals surface area contributed by atoms with Gasteiger partial charge in [0.15, 0.2) is 0 Å². The number of hydrogen-bond acceptors (Lipinski definition) is 2. The number of hydrogen-bond donors (Lipinski definition) is 0. The first-order valence-corrected chi connectivity index (χ1v) is 7.37. The minimum Gasteiger partial charge on any atom is -0.258 e. The fourth-order valence-corrected chi connectivity index (χ4v) is 2.86. The molecule has 0 radical (unpaired) electrons. The van der Waals surface area contributed by atoms with Crippen molar-refractivity contribution in [3.8, 4) is 0 Å². The van der Waals surface area contributed by atoms with Crippen LogP contribution in [-0.2, 0) is 0 Å². The van der Waals surface area contributed by atoms with E-state index in [1.807, 2.05) is 6.07 Å². The van der Waals surface area contributed by atoms with Crippen molar-refractivity contribution in [2.24, 2.45) is 0 Å². The van der Waals surface area contributed by atoms with Crippen LogP contribution in [0.5, 0.6) is 0 Å². The third-order valence-corrected chi connectivity index (χ3v) is 4.13. The summed E-state index contributed by atoms with van der Waals surface area (Å²) in [6, 6.07) is 5.42. The molecule has 0 N–H and O–H groups in total. The standard InChI is InChI=1S/C16H25NO2/c1-5-12(6-2)15-10-9-14(17(18)19)11-16(15)13(7-3)8-4/h9-13H,5-8H2,1-4H3. The highest BCUT2D eigenvalue weighted by atomic mass is 16.6. The Bertz CT molecular complexity index is 421. The molecule has 0 atom stereocenters. The highest BCUT2D eigenvalue weighted by molar-refractivity contribution is 5.43. The molecule has 0 aliphatic rings. The molecular formula is C16H25NO2. The molecule has 1 rings (SSSR count). The van der Waals surface area contributed by atoms with Gasteiger partial charge in [0.05, 0.1) is 4.92 Å². The van der Waals surface area contributed by atoms with E-state index in [1.165, 1.54) is 11.1 Å². The van der Waals surface area contributed by atoms with Crippen molar-refractivity contribution in [1.82, 2.24) is 0 Å². The van der Waals surface area contributed by atoms with Gasteiger partial charge in [-0.15, -0.1) is 0 Å². The first kappa shape index (κ1) is 15.7. The average Bonchev–Trinajstić information content (AvgIpc) is 2.42. The molecule has 1 aromatic rings. The van der Waals surface area contributed by atoms with E-state index in [-0.39, 0.29) is 10.6 Å². The lowest BCUT2D eigenvalue weighted by Gasteiger charge is -2.22. The van der Waals surface area contributed by atoms with Crippen LogP contribution in [0, 0.1) is 10.1 Å². The van der Waals surface area contributed by atoms with Gasteiger partial charge < -0.3 is 0 Å². The van der Waals surface area contributed by atoms with Crippen LogP contribution in [0.15, 0.2) is 18.2 Å². The zero-order valence-corrected chi connectivity index (χ0v) is 12.5. The molecule has 106 valence electrons. The Kier molecular flexibility index (Phi) is 6.00. The van der Waals surface area contributed by atoms with E-state index < -0.39 is 0 Å². The molecular weight excluding hydrogens is 238 g/mol. The molecule has 0 unspecified atom stereocenters. The van der Waals surface area contributed by atoms with Gasteiger partial charge in [-0.05, 0) is 48.6 Å². The Morgan fingerprint density at radius 3 is 1.84 bits per heavy atom. The molecule has 0 fully saturated rings. The Balaban J connectivity index is 3.32. The van der Waals surface area contributed by atoms with Gasteiger partial charge in [-0.2, -0.15) is 0 Å². The molecule has 1 aromatic carbocycles. The molecule has 0 saturated carbocycles. The van der Waals surface area contributed by atoms with Crippen LogP contribution in [0.1, 0.15) is 76.3 Å². The van der Waals surface area contributed by atoms with Crippen LogP contribution in [0.25, 0.3) is 0 Å². The van der Waals surface area contributed by atoms with E-state index in [0.717, 1.165) is 25.7 Å². The monoisotopic (exact) mass is 263 g/mol. The summed E-state index contributed by atoms with van der Waals surface area (Å²) in [5.74, 6) is 0.937. The van der Waals surface area contributed by atoms with Gasteiger partial charge in [-0.3, -0.25) is 10.1 Å². The first-order valence-electron chi connectivity index (χ1n) is 7.37. The van der Waals surface area contributed by atoms with Gasteiger partial charge in [-0.1, -0.05) is 33.8 Å². The van der Waals surface area contributed by atoms with Gasteiger partial charge in [0.1, 0.15) is 0 Å². The zero-order valence-electron chi connectivity index (χ0n) is 12.5. The average molecular weight is 263 g/mol. The third-order valence-electron chi connectivity index (χ3n) is 4.13. The van der Waals surface area contributed by atoms with E-state index in [1.54, 1.807) is 12.1 Å². The van der Waals surface area contributed by atoms with Crippen molar-refractivity contribution in [1.29, 1.82) is 0 Å². The molecule has 0 aliphatic carbocycles. The van der Waals surface area contributed by atoms with E-state index >= 15 is 0 Å². The summed E-state index contributed by atoms with van der Waals surface area (Å²) in [5.41, 5.74) is 2.72. The molecule has 0 heterocycles. The summed E-state index contributed by atoms with van der Waals surface area (Å²) >= 11 is 0. The fourth-order valence-electron chi connectivity index (χ4n) is 2.86. The molecule has 0 bridgehead atoms. The van der Waals surface area contributed by atoms with Crippen LogP contribution >= 0.6 is 0 Å². The SMILES string of the molecule is CCC(CC)c1ccc([N+](=O)[O-])cc1C(CC)CC. The first-order chi connectivity index (χ1) is 9.08. The van der Waals surface area contributed by atoms with Crippen molar-refractivity contribution in [3.63, 3.8) is 0 Å². The summed E-state index contributed by atoms with van der Waals surface area (Å²) in [4.78, 5) is 10.7. The molecule has 0 saturated heterocycles. The van der Waals surface area contributed by atoms with Gasteiger partial charge in [-0.25, -0.2) is 0 Å². The van der Waals surface area contributed by atoms with Crippen molar-refractivity contribution >= 4 is 5.69 Å². The number of nitro groups is 1. The minimum atomic E-state index is -0.289. The highest BCUT2D eigenvalue weighted by Crippen LogP contribution is 2.35. The lowest BCUT2D eigenvalue weighted by Crippen LogP contribution is -2.06. The fraction of sp³-hybridized carbons (Fsp3) is 0.625. The Labute approximate surface area is 116 Å². The van der Waals surface area contributed by atoms with E-state index in [2.05, 4.69) is 27.7 Å². The highest BCUT2D eigenvalue weighted by Gasteiger charge is 2.20. The predicted octanol–water partition coefficient (Wildman–Crippen LogP) is 5.40. The molecule has 0 amide bonds. The van der Waals surface area contributed by atoms with Gasteiger partial charge in [0, 0.05) is 12.1 Å². The van der Waals surface area contributed by atoms with E-state index in [9.17, 15) is 10.1 Å². The van der Waals surface area contributed by atoms with Crippen molar-refractivity contribution in [2.75, 3.05) is 0 Å². The topological polar surface area (TPSA) is 43.1 Å². The van der Waals surface area contributed by atoms with E-state index in [0.29, 0.717) is 11.8 Å². The summed E-state index contributed by atoms with van der Waals surface area (Å²) in [7, 11) is 0. The maximum Gasteiger partial charge on any atom is 0.269 e. The molecule has 19 heavy (non-hydrogen) atoms. The normalized spacial score (nSPS) is 11.3. The lowest BCUT2D eigenvalue weighted by molar-refractivity contribution is -0.385. The van der Waals surface area contributed by atoms with Crippen molar-refractivity contribution in [3.05, 3.63) is 39.4 Å². The Hall–Kier alpha value is -1.38. The Morgan fingerprint density at radius 1 is 0.947 bits per heavy atom. The lowest BCUT2D eigenvalue weighted by atomic mass is 9.82. The molecule has 3 heteroatoms. The molecule has 0 aromatic heterocycles. The quantitative estimate of drug-likeness (QED) is 0.488. The van der Waals surface area contributed by atoms with Crippen molar-refractivity contribution in [2.45, 2.75) is 65.2 Å². The maximum absolute atomic E-state index is 11.0. The van der Waals surface area contributed by atoms with Gasteiger partial charge >= 0.3 is 0 Å². The second kappa shape index (κ2) is 7.27. The summed E-state index contributed by atoms with van der Waals surface area (Å²) in [6.07, 6.45) is 4.23. The number of nitro benzene ring substituents is 1. The second-order valence-corrected chi connectivity index (χ2v) is 5.10. The number of nitrogens with zero attached hydrogens (tertiary/aromatic N) is 1. The van der Waals surface area contributed by atoms with Crippen LogP contribution in [0.3, 0.4) is 0 Å². The third kappa shape index (κ3) is 3.55. The minimum absolute atomic E-state index is 0.219. The summed E-state index contributed by atoms with van der Waals surface area (Å²) < 4.78 is 0. The van der Waals surface area contributed by atoms with Crippen molar-refractivity contribution < 1.29 is 4.92 Å². The van der Waals surface area contributed by atoms with E-state index in [4.69, 9.17) is 0 Å². The smallest absolute Gasteiger partial charge is 0.258 e. The predicted molar refractivity (Wildman–Crippen MR) is 79.7 cm³/mol. The van der Waals surface area contributed by atoms with Crippen LogP contribution in [0.4, 0.5) is 5.69 Å². The van der Waals surface area contributed by atoms with Crippen LogP contribution in [0.2, 0.25) is 0 Å². The van der Waals surface area contributed by atoms with Gasteiger partial charge in [0.25, 0.3) is 5.69 Å². The number of rotatable bonds is 7. The Morgan fingerprint density at radius 2 is 1.42 bits per heavy atom. The van der Waals surface area contributed by atoms with Crippen LogP contribution in [-0.4, -0.2) is 4.92 Å².